The number of carbonyl (C=O) groups is 1. The van der Waals surface area contributed by atoms with Crippen molar-refractivity contribution in [3.8, 4) is 0 Å². The molecule has 1 fully saturated rings. The molecule has 1 saturated heterocycles. The number of benzene rings is 2. The first-order valence-electron chi connectivity index (χ1n) is 10.2. The molecule has 1 N–H and O–H groups in total. The summed E-state index contributed by atoms with van der Waals surface area (Å²) < 4.78 is 11.3. The smallest absolute Gasteiger partial charge is 0.254 e. The topological polar surface area (TPSA) is 71.6 Å². The number of hydrogen-bond acceptors (Lipinski definition) is 4. The number of rotatable bonds is 5. The lowest BCUT2D eigenvalue weighted by Gasteiger charge is -2.30. The normalized spacial score (nSPS) is 16.5. The van der Waals surface area contributed by atoms with E-state index in [0.29, 0.717) is 37.5 Å². The SMILES string of the molecule is Cc1ccc(C(=O)N(Cc2cc3cc(C)ccc3[nH]c2=O)C[C@H]2COCCO2)cc1. The quantitative estimate of drug-likeness (QED) is 0.706. The van der Waals surface area contributed by atoms with Gasteiger partial charge in [-0.15, -0.1) is 0 Å². The molecular formula is C24H26N2O4. The second kappa shape index (κ2) is 8.81. The lowest BCUT2D eigenvalue weighted by atomic mass is 10.1. The van der Waals surface area contributed by atoms with Gasteiger partial charge in [0.1, 0.15) is 0 Å². The number of fused-ring (bicyclic) bond motifs is 1. The van der Waals surface area contributed by atoms with E-state index in [0.717, 1.165) is 22.0 Å². The Balaban J connectivity index is 1.65. The number of aromatic nitrogens is 1. The third kappa shape index (κ3) is 4.61. The highest BCUT2D eigenvalue weighted by molar-refractivity contribution is 5.94. The van der Waals surface area contributed by atoms with Crippen LogP contribution in [0.1, 0.15) is 27.0 Å². The number of aromatic amines is 1. The van der Waals surface area contributed by atoms with Gasteiger partial charge < -0.3 is 19.4 Å². The number of carbonyl (C=O) groups excluding carboxylic acids is 1. The van der Waals surface area contributed by atoms with Crippen LogP contribution in [-0.2, 0) is 16.0 Å². The van der Waals surface area contributed by atoms with E-state index in [2.05, 4.69) is 4.98 Å². The van der Waals surface area contributed by atoms with Crippen LogP contribution in [0.15, 0.2) is 53.3 Å². The molecule has 2 aromatic carbocycles. The van der Waals surface area contributed by atoms with E-state index in [9.17, 15) is 9.59 Å². The van der Waals surface area contributed by atoms with E-state index in [4.69, 9.17) is 9.47 Å². The molecule has 0 aliphatic carbocycles. The predicted molar refractivity (Wildman–Crippen MR) is 116 cm³/mol. The Labute approximate surface area is 175 Å². The van der Waals surface area contributed by atoms with Crippen LogP contribution in [0.2, 0.25) is 0 Å². The summed E-state index contributed by atoms with van der Waals surface area (Å²) in [5.74, 6) is -0.132. The van der Waals surface area contributed by atoms with Crippen molar-refractivity contribution < 1.29 is 14.3 Å². The third-order valence-corrected chi connectivity index (χ3v) is 5.33. The molecule has 1 aromatic heterocycles. The summed E-state index contributed by atoms with van der Waals surface area (Å²) in [4.78, 5) is 30.6. The van der Waals surface area contributed by atoms with Gasteiger partial charge in [-0.05, 0) is 49.6 Å². The van der Waals surface area contributed by atoms with Crippen molar-refractivity contribution in [1.29, 1.82) is 0 Å². The number of aryl methyl sites for hydroxylation is 2. The molecule has 1 amide bonds. The van der Waals surface area contributed by atoms with Crippen LogP contribution < -0.4 is 5.56 Å². The summed E-state index contributed by atoms with van der Waals surface area (Å²) in [6.07, 6.45) is -0.213. The molecule has 1 aliphatic heterocycles. The zero-order valence-corrected chi connectivity index (χ0v) is 17.3. The number of ether oxygens (including phenoxy) is 2. The maximum absolute atomic E-state index is 13.3. The van der Waals surface area contributed by atoms with Crippen molar-refractivity contribution in [3.63, 3.8) is 0 Å². The van der Waals surface area contributed by atoms with Crippen LogP contribution in [0.3, 0.4) is 0 Å². The second-order valence-corrected chi connectivity index (χ2v) is 7.83. The van der Waals surface area contributed by atoms with E-state index < -0.39 is 0 Å². The molecule has 0 spiro atoms. The molecule has 1 atom stereocenters. The fourth-order valence-corrected chi connectivity index (χ4v) is 3.68. The monoisotopic (exact) mass is 406 g/mol. The Kier molecular flexibility index (Phi) is 5.97. The van der Waals surface area contributed by atoms with E-state index in [1.165, 1.54) is 0 Å². The first-order chi connectivity index (χ1) is 14.5. The first-order valence-corrected chi connectivity index (χ1v) is 10.2. The molecule has 0 unspecified atom stereocenters. The zero-order chi connectivity index (χ0) is 21.1. The standard InChI is InChI=1S/C24H26N2O4/c1-16-3-6-18(7-4-16)24(28)26(14-21-15-29-9-10-30-21)13-20-12-19-11-17(2)5-8-22(19)25-23(20)27/h3-8,11-12,21H,9-10,13-15H2,1-2H3,(H,25,27)/t21-/m0/s1. The number of pyridine rings is 1. The lowest BCUT2D eigenvalue weighted by molar-refractivity contribution is -0.0953. The summed E-state index contributed by atoms with van der Waals surface area (Å²) >= 11 is 0. The molecule has 3 aromatic rings. The average molecular weight is 406 g/mol. The largest absolute Gasteiger partial charge is 0.376 e. The van der Waals surface area contributed by atoms with Crippen LogP contribution in [0.25, 0.3) is 10.9 Å². The molecule has 2 heterocycles. The first kappa shape index (κ1) is 20.3. The molecule has 6 nitrogen and oxygen atoms in total. The molecule has 0 radical (unpaired) electrons. The van der Waals surface area contributed by atoms with E-state index in [1.54, 1.807) is 4.90 Å². The molecule has 4 rings (SSSR count). The number of H-pyrrole nitrogens is 1. The van der Waals surface area contributed by atoms with Gasteiger partial charge in [0, 0.05) is 23.2 Å². The van der Waals surface area contributed by atoms with E-state index in [-0.39, 0.29) is 24.1 Å². The number of nitrogens with one attached hydrogen (secondary N) is 1. The second-order valence-electron chi connectivity index (χ2n) is 7.83. The van der Waals surface area contributed by atoms with Gasteiger partial charge >= 0.3 is 0 Å². The summed E-state index contributed by atoms with van der Waals surface area (Å²) in [5.41, 5.74) is 3.93. The highest BCUT2D eigenvalue weighted by Crippen LogP contribution is 2.17. The van der Waals surface area contributed by atoms with E-state index >= 15 is 0 Å². The van der Waals surface area contributed by atoms with Gasteiger partial charge in [0.2, 0.25) is 0 Å². The van der Waals surface area contributed by atoms with Crippen molar-refractivity contribution in [2.45, 2.75) is 26.5 Å². The van der Waals surface area contributed by atoms with Crippen molar-refractivity contribution in [2.24, 2.45) is 0 Å². The minimum atomic E-state index is -0.213. The minimum Gasteiger partial charge on any atom is -0.376 e. The summed E-state index contributed by atoms with van der Waals surface area (Å²) in [7, 11) is 0. The van der Waals surface area contributed by atoms with Gasteiger partial charge in [-0.25, -0.2) is 0 Å². The number of nitrogens with zero attached hydrogens (tertiary/aromatic N) is 1. The molecule has 156 valence electrons. The zero-order valence-electron chi connectivity index (χ0n) is 17.3. The molecule has 0 bridgehead atoms. The Bertz CT molecular complexity index is 1100. The number of hydrogen-bond donors (Lipinski definition) is 1. The average Bonchev–Trinajstić information content (AvgIpc) is 2.75. The Morgan fingerprint density at radius 3 is 2.57 bits per heavy atom. The molecular weight excluding hydrogens is 380 g/mol. The van der Waals surface area contributed by atoms with Crippen LogP contribution in [-0.4, -0.2) is 48.3 Å². The van der Waals surface area contributed by atoms with Crippen molar-refractivity contribution in [2.75, 3.05) is 26.4 Å². The van der Waals surface area contributed by atoms with Crippen molar-refractivity contribution >= 4 is 16.8 Å². The van der Waals surface area contributed by atoms with Gasteiger partial charge in [0.05, 0.1) is 32.5 Å². The van der Waals surface area contributed by atoms with E-state index in [1.807, 2.05) is 62.4 Å². The molecule has 6 heteroatoms. The maximum atomic E-state index is 13.3. The minimum absolute atomic E-state index is 0.132. The highest BCUT2D eigenvalue weighted by Gasteiger charge is 2.24. The predicted octanol–water partition coefficient (Wildman–Crippen LogP) is 3.20. The Morgan fingerprint density at radius 2 is 1.83 bits per heavy atom. The third-order valence-electron chi connectivity index (χ3n) is 5.33. The highest BCUT2D eigenvalue weighted by atomic mass is 16.6. The summed E-state index contributed by atoms with van der Waals surface area (Å²) in [6.45, 7) is 6.06. The fourth-order valence-electron chi connectivity index (χ4n) is 3.68. The van der Waals surface area contributed by atoms with Gasteiger partial charge in [-0.1, -0.05) is 29.3 Å². The van der Waals surface area contributed by atoms with Crippen molar-refractivity contribution in [1.82, 2.24) is 9.88 Å². The van der Waals surface area contributed by atoms with Gasteiger partial charge in [0.15, 0.2) is 0 Å². The van der Waals surface area contributed by atoms with Crippen molar-refractivity contribution in [3.05, 3.63) is 81.1 Å². The van der Waals surface area contributed by atoms with Crippen LogP contribution >= 0.6 is 0 Å². The van der Waals surface area contributed by atoms with Crippen LogP contribution in [0.5, 0.6) is 0 Å². The summed E-state index contributed by atoms with van der Waals surface area (Å²) in [5, 5.41) is 0.949. The Morgan fingerprint density at radius 1 is 1.07 bits per heavy atom. The number of amides is 1. The van der Waals surface area contributed by atoms with Gasteiger partial charge in [0.25, 0.3) is 11.5 Å². The fraction of sp³-hybridized carbons (Fsp3) is 0.333. The van der Waals surface area contributed by atoms with Crippen LogP contribution in [0.4, 0.5) is 0 Å². The molecule has 1 aliphatic rings. The molecule has 0 saturated carbocycles. The van der Waals surface area contributed by atoms with Gasteiger partial charge in [-0.2, -0.15) is 0 Å². The van der Waals surface area contributed by atoms with Crippen LogP contribution in [0, 0.1) is 13.8 Å². The maximum Gasteiger partial charge on any atom is 0.254 e. The molecule has 30 heavy (non-hydrogen) atoms. The summed E-state index contributed by atoms with van der Waals surface area (Å²) in [6, 6.07) is 15.2. The lowest BCUT2D eigenvalue weighted by Crippen LogP contribution is -2.43. The Hall–Kier alpha value is -2.96. The van der Waals surface area contributed by atoms with Gasteiger partial charge in [-0.3, -0.25) is 9.59 Å².